The lowest BCUT2D eigenvalue weighted by Crippen LogP contribution is -2.44. The van der Waals surface area contributed by atoms with Gasteiger partial charge in [-0.15, -0.1) is 0 Å². The number of hydrogen-bond acceptors (Lipinski definition) is 4. The van der Waals surface area contributed by atoms with Crippen LogP contribution in [0, 0.1) is 16.7 Å². The van der Waals surface area contributed by atoms with Gasteiger partial charge in [-0.05, 0) is 66.7 Å². The van der Waals surface area contributed by atoms with E-state index in [0.717, 1.165) is 67.7 Å². The Balaban J connectivity index is 1.35. The van der Waals surface area contributed by atoms with Crippen molar-refractivity contribution in [2.24, 2.45) is 11.3 Å². The van der Waals surface area contributed by atoms with E-state index >= 15 is 0 Å². The fourth-order valence-corrected chi connectivity index (χ4v) is 6.09. The first kappa shape index (κ1) is 24.2. The summed E-state index contributed by atoms with van der Waals surface area (Å²) in [6.07, 6.45) is 19.0. The average molecular weight is 484 g/mol. The number of rotatable bonds is 7. The zero-order chi connectivity index (χ0) is 25.0. The van der Waals surface area contributed by atoms with Gasteiger partial charge in [0.25, 0.3) is 0 Å². The third-order valence-electron chi connectivity index (χ3n) is 8.23. The molecule has 2 aliphatic carbocycles. The molecule has 1 unspecified atom stereocenters. The first-order chi connectivity index (χ1) is 17.6. The van der Waals surface area contributed by atoms with Crippen LogP contribution in [0.3, 0.4) is 0 Å². The number of urea groups is 1. The maximum Gasteiger partial charge on any atom is 0.318 e. The van der Waals surface area contributed by atoms with Crippen LogP contribution < -0.4 is 16.0 Å². The number of nitrogens with one attached hydrogen (secondary N) is 4. The Labute approximate surface area is 214 Å². The molecule has 36 heavy (non-hydrogen) atoms. The van der Waals surface area contributed by atoms with Crippen molar-refractivity contribution in [1.29, 1.82) is 5.41 Å². The minimum Gasteiger partial charge on any atom is -0.386 e. The molecule has 5 rings (SSSR count). The SMILES string of the molecule is C[C@]12CC(C=N)=C(NC3=CNCC=C3)C=C1CC[C@@H]2CC(NC(=O)N1CC=CCC1)c1ccccc1. The molecule has 1 fully saturated rings. The Kier molecular flexibility index (Phi) is 7.12. The minimum atomic E-state index is -0.0404. The van der Waals surface area contributed by atoms with Crippen LogP contribution in [0.2, 0.25) is 0 Å². The van der Waals surface area contributed by atoms with Gasteiger partial charge in [-0.3, -0.25) is 0 Å². The number of benzene rings is 1. The molecule has 6 heteroatoms. The van der Waals surface area contributed by atoms with Crippen LogP contribution in [0.25, 0.3) is 0 Å². The Bertz CT molecular complexity index is 1150. The molecule has 0 aromatic heterocycles. The summed E-state index contributed by atoms with van der Waals surface area (Å²) in [5.74, 6) is 0.419. The maximum absolute atomic E-state index is 13.2. The van der Waals surface area contributed by atoms with Crippen LogP contribution in [-0.2, 0) is 0 Å². The van der Waals surface area contributed by atoms with Gasteiger partial charge >= 0.3 is 6.03 Å². The van der Waals surface area contributed by atoms with E-state index in [1.807, 2.05) is 17.2 Å². The number of amides is 2. The Hall–Kier alpha value is -3.54. The standard InChI is InChI=1S/C30H37N5O/c1-30-19-23(20-31)28(33-26-11-8-14-32-21-26)18-25(30)13-12-24(30)17-27(22-9-4-2-5-10-22)34-29(36)35-15-6-3-7-16-35/h2-6,8-11,18,20-21,24,27,31-33H,7,12-17,19H2,1H3,(H,34,36)/t24-,27?,30-/m1/s1. The van der Waals surface area contributed by atoms with E-state index in [4.69, 9.17) is 5.41 Å². The van der Waals surface area contributed by atoms with Crippen molar-refractivity contribution in [1.82, 2.24) is 20.9 Å². The van der Waals surface area contributed by atoms with Gasteiger partial charge < -0.3 is 26.3 Å². The van der Waals surface area contributed by atoms with Crippen molar-refractivity contribution >= 4 is 12.2 Å². The zero-order valence-corrected chi connectivity index (χ0v) is 21.1. The van der Waals surface area contributed by atoms with Crippen molar-refractivity contribution in [3.8, 4) is 0 Å². The molecule has 0 bridgehead atoms. The molecule has 0 saturated heterocycles. The highest BCUT2D eigenvalue weighted by atomic mass is 16.2. The molecule has 4 aliphatic rings. The van der Waals surface area contributed by atoms with Crippen LogP contribution in [-0.4, -0.2) is 36.8 Å². The summed E-state index contributed by atoms with van der Waals surface area (Å²) in [6.45, 7) is 4.64. The third-order valence-corrected chi connectivity index (χ3v) is 8.23. The van der Waals surface area contributed by atoms with Gasteiger partial charge in [0.15, 0.2) is 0 Å². The number of carbonyl (C=O) groups is 1. The van der Waals surface area contributed by atoms with Crippen LogP contribution >= 0.6 is 0 Å². The summed E-state index contributed by atoms with van der Waals surface area (Å²) in [6, 6.07) is 10.4. The summed E-state index contributed by atoms with van der Waals surface area (Å²) < 4.78 is 0. The Morgan fingerprint density at radius 1 is 1.28 bits per heavy atom. The molecular weight excluding hydrogens is 446 g/mol. The fraction of sp³-hybridized carbons (Fsp3) is 0.400. The van der Waals surface area contributed by atoms with Crippen molar-refractivity contribution in [2.45, 2.75) is 45.1 Å². The monoisotopic (exact) mass is 483 g/mol. The number of hydrogen-bond donors (Lipinski definition) is 4. The normalized spacial score (nSPS) is 25.9. The molecule has 1 saturated carbocycles. The quantitative estimate of drug-likeness (QED) is 0.313. The molecule has 1 aromatic rings. The first-order valence-corrected chi connectivity index (χ1v) is 13.1. The van der Waals surface area contributed by atoms with Crippen LogP contribution in [0.1, 0.15) is 50.6 Å². The highest BCUT2D eigenvalue weighted by molar-refractivity contribution is 5.79. The molecule has 0 spiro atoms. The van der Waals surface area contributed by atoms with Gasteiger partial charge in [0.2, 0.25) is 0 Å². The molecule has 2 heterocycles. The third kappa shape index (κ3) is 5.03. The molecular formula is C30H37N5O. The molecule has 0 radical (unpaired) electrons. The smallest absolute Gasteiger partial charge is 0.318 e. The largest absolute Gasteiger partial charge is 0.386 e. The summed E-state index contributed by atoms with van der Waals surface area (Å²) >= 11 is 0. The van der Waals surface area contributed by atoms with Crippen LogP contribution in [0.15, 0.2) is 89.5 Å². The van der Waals surface area contributed by atoms with Crippen molar-refractivity contribution in [3.05, 3.63) is 95.0 Å². The predicted octanol–water partition coefficient (Wildman–Crippen LogP) is 5.33. The summed E-state index contributed by atoms with van der Waals surface area (Å²) in [5, 5.41) is 18.3. The zero-order valence-electron chi connectivity index (χ0n) is 21.1. The second-order valence-electron chi connectivity index (χ2n) is 10.5. The molecule has 3 atom stereocenters. The second-order valence-corrected chi connectivity index (χ2v) is 10.5. The van der Waals surface area contributed by atoms with Crippen LogP contribution in [0.4, 0.5) is 4.79 Å². The molecule has 2 amide bonds. The highest BCUT2D eigenvalue weighted by Gasteiger charge is 2.46. The predicted molar refractivity (Wildman–Crippen MR) is 145 cm³/mol. The highest BCUT2D eigenvalue weighted by Crippen LogP contribution is 2.56. The number of allylic oxidation sites excluding steroid dienone is 4. The van der Waals surface area contributed by atoms with E-state index < -0.39 is 0 Å². The maximum atomic E-state index is 13.2. The minimum absolute atomic E-state index is 0.0152. The van der Waals surface area contributed by atoms with Gasteiger partial charge in [-0.2, -0.15) is 0 Å². The lowest BCUT2D eigenvalue weighted by molar-refractivity contribution is 0.188. The first-order valence-electron chi connectivity index (χ1n) is 13.1. The number of nitrogens with zero attached hydrogens (tertiary/aromatic N) is 1. The van der Waals surface area contributed by atoms with E-state index in [2.05, 4.69) is 77.5 Å². The Morgan fingerprint density at radius 3 is 2.86 bits per heavy atom. The topological polar surface area (TPSA) is 80.2 Å². The van der Waals surface area contributed by atoms with Gasteiger partial charge in [-0.25, -0.2) is 4.79 Å². The lowest BCUT2D eigenvalue weighted by Gasteiger charge is -2.39. The van der Waals surface area contributed by atoms with Crippen molar-refractivity contribution in [3.63, 3.8) is 0 Å². The molecule has 188 valence electrons. The van der Waals surface area contributed by atoms with E-state index in [0.29, 0.717) is 12.5 Å². The van der Waals surface area contributed by atoms with Gasteiger partial charge in [0, 0.05) is 37.7 Å². The van der Waals surface area contributed by atoms with Crippen molar-refractivity contribution in [2.75, 3.05) is 19.6 Å². The van der Waals surface area contributed by atoms with Crippen LogP contribution in [0.5, 0.6) is 0 Å². The molecule has 1 aromatic carbocycles. The number of carbonyl (C=O) groups excluding carboxylic acids is 1. The van der Waals surface area contributed by atoms with E-state index in [9.17, 15) is 4.79 Å². The van der Waals surface area contributed by atoms with E-state index in [1.165, 1.54) is 11.8 Å². The van der Waals surface area contributed by atoms with Gasteiger partial charge in [-0.1, -0.05) is 61.1 Å². The summed E-state index contributed by atoms with van der Waals surface area (Å²) in [4.78, 5) is 15.1. The average Bonchev–Trinajstić information content (AvgIpc) is 3.24. The molecule has 2 aliphatic heterocycles. The van der Waals surface area contributed by atoms with Gasteiger partial charge in [0.1, 0.15) is 0 Å². The number of fused-ring (bicyclic) bond motifs is 1. The van der Waals surface area contributed by atoms with E-state index in [1.54, 1.807) is 0 Å². The summed E-state index contributed by atoms with van der Waals surface area (Å²) in [7, 11) is 0. The lowest BCUT2D eigenvalue weighted by atomic mass is 9.67. The summed E-state index contributed by atoms with van der Waals surface area (Å²) in [5.41, 5.74) is 5.68. The van der Waals surface area contributed by atoms with Gasteiger partial charge in [0.05, 0.1) is 11.7 Å². The fourth-order valence-electron chi connectivity index (χ4n) is 6.09. The van der Waals surface area contributed by atoms with E-state index in [-0.39, 0.29) is 17.5 Å². The van der Waals surface area contributed by atoms with Crippen molar-refractivity contribution < 1.29 is 4.79 Å². The molecule has 6 nitrogen and oxygen atoms in total. The second kappa shape index (κ2) is 10.6. The molecule has 4 N–H and O–H groups in total. The number of dihydropyridines is 1. The Morgan fingerprint density at radius 2 is 2.14 bits per heavy atom.